The number of aryl methyl sites for hydroxylation is 1. The van der Waals surface area contributed by atoms with Crippen molar-refractivity contribution in [3.8, 4) is 0 Å². The summed E-state index contributed by atoms with van der Waals surface area (Å²) in [4.78, 5) is 3.42. The van der Waals surface area contributed by atoms with E-state index in [0.29, 0.717) is 11.8 Å². The zero-order valence-corrected chi connectivity index (χ0v) is 18.9. The van der Waals surface area contributed by atoms with Gasteiger partial charge in [0.2, 0.25) is 0 Å². The van der Waals surface area contributed by atoms with Crippen LogP contribution >= 0.6 is 0 Å². The Balaban J connectivity index is 2.03. The van der Waals surface area contributed by atoms with Gasteiger partial charge in [0.25, 0.3) is 0 Å². The summed E-state index contributed by atoms with van der Waals surface area (Å²) in [5.74, 6) is 1.15. The van der Waals surface area contributed by atoms with Gasteiger partial charge in [0.15, 0.2) is 0 Å². The molecule has 158 valence electrons. The molecule has 2 aromatic rings. The number of hydrogen-bond donors (Lipinski definition) is 2. The smallest absolute Gasteiger partial charge is 0.0398 e. The Hall–Kier alpha value is -2.22. The molecule has 1 atom stereocenters. The van der Waals surface area contributed by atoms with Crippen LogP contribution in [0.2, 0.25) is 0 Å². The van der Waals surface area contributed by atoms with Crippen molar-refractivity contribution in [3.63, 3.8) is 0 Å². The van der Waals surface area contributed by atoms with Crippen LogP contribution in [0.4, 0.5) is 0 Å². The Labute approximate surface area is 178 Å². The molecule has 29 heavy (non-hydrogen) atoms. The molecule has 0 saturated heterocycles. The first-order valence-electron chi connectivity index (χ1n) is 11.4. The molecule has 1 aromatic carbocycles. The van der Waals surface area contributed by atoms with Crippen LogP contribution in [-0.2, 0) is 6.42 Å². The van der Waals surface area contributed by atoms with Gasteiger partial charge in [0, 0.05) is 24.0 Å². The van der Waals surface area contributed by atoms with Crippen LogP contribution in [0.15, 0.2) is 55.4 Å². The second-order valence-corrected chi connectivity index (χ2v) is 8.31. The van der Waals surface area contributed by atoms with Gasteiger partial charge in [-0.2, -0.15) is 0 Å². The maximum atomic E-state index is 3.81. The van der Waals surface area contributed by atoms with Crippen LogP contribution in [0.5, 0.6) is 0 Å². The van der Waals surface area contributed by atoms with E-state index in [1.165, 1.54) is 60.1 Å². The van der Waals surface area contributed by atoms with Gasteiger partial charge < -0.3 is 10.3 Å². The Morgan fingerprint density at radius 1 is 1.21 bits per heavy atom. The third kappa shape index (κ3) is 6.96. The number of hydrogen-bond acceptors (Lipinski definition) is 1. The van der Waals surface area contributed by atoms with Crippen molar-refractivity contribution >= 4 is 5.57 Å². The second kappa shape index (κ2) is 12.4. The number of nitrogens with one attached hydrogen (secondary N) is 2. The minimum atomic E-state index is 0.493. The maximum absolute atomic E-state index is 3.81. The first-order valence-corrected chi connectivity index (χ1v) is 11.4. The van der Waals surface area contributed by atoms with Crippen molar-refractivity contribution in [1.29, 1.82) is 0 Å². The van der Waals surface area contributed by atoms with Crippen LogP contribution in [0, 0.1) is 0 Å². The van der Waals surface area contributed by atoms with E-state index in [1.54, 1.807) is 6.20 Å². The summed E-state index contributed by atoms with van der Waals surface area (Å²) < 4.78 is 0. The van der Waals surface area contributed by atoms with E-state index in [-0.39, 0.29) is 0 Å². The average molecular weight is 393 g/mol. The van der Waals surface area contributed by atoms with Gasteiger partial charge in [-0.3, -0.25) is 0 Å². The van der Waals surface area contributed by atoms with Gasteiger partial charge >= 0.3 is 0 Å². The van der Waals surface area contributed by atoms with Crippen LogP contribution in [0.1, 0.15) is 94.0 Å². The molecule has 0 aliphatic rings. The number of aromatic nitrogens is 1. The van der Waals surface area contributed by atoms with E-state index in [2.05, 4.69) is 87.2 Å². The van der Waals surface area contributed by atoms with Gasteiger partial charge in [0.05, 0.1) is 0 Å². The minimum Gasteiger partial charge on any atom is -0.387 e. The fraction of sp³-hybridized carbons (Fsp3) is 0.481. The van der Waals surface area contributed by atoms with Crippen LogP contribution < -0.4 is 5.32 Å². The van der Waals surface area contributed by atoms with Crippen molar-refractivity contribution in [2.45, 2.75) is 78.1 Å². The molecule has 0 fully saturated rings. The average Bonchev–Trinajstić information content (AvgIpc) is 3.21. The molecule has 1 unspecified atom stereocenters. The van der Waals surface area contributed by atoms with Crippen molar-refractivity contribution < 1.29 is 0 Å². The number of benzene rings is 1. The van der Waals surface area contributed by atoms with Gasteiger partial charge in [-0.1, -0.05) is 71.0 Å². The lowest BCUT2D eigenvalue weighted by molar-refractivity contribution is 0.579. The standard InChI is InChI=1S/C27H40N2/c1-6-12-22-13-11-16-24(19-22)23(7-2)14-9-10-15-25(20-28-8-3)26-17-18-29-27(26)21(4)5/h8,11,13,15-19,21,23,28-29H,3,6-7,9-10,12,14,20H2,1-2,4-5H3/b25-15-. The topological polar surface area (TPSA) is 27.8 Å². The third-order valence-corrected chi connectivity index (χ3v) is 5.74. The molecule has 0 spiro atoms. The molecule has 0 saturated carbocycles. The Bertz CT molecular complexity index is 766. The van der Waals surface area contributed by atoms with Gasteiger partial charge in [-0.05, 0) is 72.9 Å². The maximum Gasteiger partial charge on any atom is 0.0398 e. The Morgan fingerprint density at radius 2 is 2.03 bits per heavy atom. The molecule has 0 bridgehead atoms. The minimum absolute atomic E-state index is 0.493. The lowest BCUT2D eigenvalue weighted by Crippen LogP contribution is -2.09. The number of allylic oxidation sites excluding steroid dienone is 1. The number of H-pyrrole nitrogens is 1. The molecule has 1 aromatic heterocycles. The highest BCUT2D eigenvalue weighted by Crippen LogP contribution is 2.28. The van der Waals surface area contributed by atoms with Crippen molar-refractivity contribution in [1.82, 2.24) is 10.3 Å². The zero-order valence-electron chi connectivity index (χ0n) is 18.9. The van der Waals surface area contributed by atoms with Gasteiger partial charge in [0.1, 0.15) is 0 Å². The van der Waals surface area contributed by atoms with Crippen LogP contribution in [0.3, 0.4) is 0 Å². The van der Waals surface area contributed by atoms with E-state index in [0.717, 1.165) is 13.0 Å². The molecule has 1 heterocycles. The third-order valence-electron chi connectivity index (χ3n) is 5.74. The first-order chi connectivity index (χ1) is 14.1. The monoisotopic (exact) mass is 392 g/mol. The highest BCUT2D eigenvalue weighted by molar-refractivity contribution is 5.69. The van der Waals surface area contributed by atoms with Gasteiger partial charge in [-0.15, -0.1) is 0 Å². The summed E-state index contributed by atoms with van der Waals surface area (Å²) in [5, 5.41) is 3.29. The summed E-state index contributed by atoms with van der Waals surface area (Å²) in [6, 6.07) is 11.5. The van der Waals surface area contributed by atoms with E-state index in [1.807, 2.05) is 0 Å². The molecule has 0 amide bonds. The van der Waals surface area contributed by atoms with Crippen molar-refractivity contribution in [2.24, 2.45) is 0 Å². The molecule has 0 aliphatic heterocycles. The predicted molar refractivity (Wildman–Crippen MR) is 128 cm³/mol. The number of unbranched alkanes of at least 4 members (excludes halogenated alkanes) is 1. The summed E-state index contributed by atoms with van der Waals surface area (Å²) in [6.07, 6.45) is 13.4. The molecule has 2 nitrogen and oxygen atoms in total. The van der Waals surface area contributed by atoms with Crippen LogP contribution in [0.25, 0.3) is 5.57 Å². The normalized spacial score (nSPS) is 12.9. The van der Waals surface area contributed by atoms with E-state index in [9.17, 15) is 0 Å². The highest BCUT2D eigenvalue weighted by atomic mass is 14.8. The molecule has 0 aliphatic carbocycles. The highest BCUT2D eigenvalue weighted by Gasteiger charge is 2.12. The van der Waals surface area contributed by atoms with Crippen molar-refractivity contribution in [2.75, 3.05) is 6.54 Å². The zero-order chi connectivity index (χ0) is 21.1. The molecule has 2 rings (SSSR count). The number of rotatable bonds is 13. The van der Waals surface area contributed by atoms with Gasteiger partial charge in [-0.25, -0.2) is 0 Å². The SMILES string of the molecule is C=CNC/C(=C/CCCC(CC)c1cccc(CCC)c1)c1cc[nH]c1C(C)C. The predicted octanol–water partition coefficient (Wildman–Crippen LogP) is 7.57. The first kappa shape index (κ1) is 23.1. The van der Waals surface area contributed by atoms with Crippen LogP contribution in [-0.4, -0.2) is 11.5 Å². The molecule has 2 N–H and O–H groups in total. The van der Waals surface area contributed by atoms with Crippen molar-refractivity contribution in [3.05, 3.63) is 77.8 Å². The molecule has 2 heteroatoms. The molecule has 0 radical (unpaired) electrons. The summed E-state index contributed by atoms with van der Waals surface area (Å²) in [5.41, 5.74) is 7.03. The Morgan fingerprint density at radius 3 is 2.72 bits per heavy atom. The largest absolute Gasteiger partial charge is 0.387 e. The Kier molecular flexibility index (Phi) is 9.83. The second-order valence-electron chi connectivity index (χ2n) is 8.31. The summed E-state index contributed by atoms with van der Waals surface area (Å²) in [7, 11) is 0. The fourth-order valence-corrected chi connectivity index (χ4v) is 4.14. The molecular formula is C27H40N2. The fourth-order valence-electron chi connectivity index (χ4n) is 4.14. The summed E-state index contributed by atoms with van der Waals surface area (Å²) >= 11 is 0. The lowest BCUT2D eigenvalue weighted by atomic mass is 9.89. The van der Waals surface area contributed by atoms with E-state index in [4.69, 9.17) is 0 Å². The lowest BCUT2D eigenvalue weighted by Gasteiger charge is -2.16. The van der Waals surface area contributed by atoms with E-state index >= 15 is 0 Å². The number of aromatic amines is 1. The molecular weight excluding hydrogens is 352 g/mol. The summed E-state index contributed by atoms with van der Waals surface area (Å²) in [6.45, 7) is 13.7. The van der Waals surface area contributed by atoms with E-state index < -0.39 is 0 Å². The quantitative estimate of drug-likeness (QED) is 0.338.